The number of rotatable bonds is 7. The fourth-order valence-electron chi connectivity index (χ4n) is 3.55. The lowest BCUT2D eigenvalue weighted by molar-refractivity contribution is 0.487. The van der Waals surface area contributed by atoms with Crippen LogP contribution in [0.4, 0.5) is 0 Å². The number of hydrogen-bond donors (Lipinski definition) is 1. The van der Waals surface area contributed by atoms with Crippen molar-refractivity contribution in [3.8, 4) is 0 Å². The SMILES string of the molecule is O=S(=O)(NCC(c1ccco1)S(=O)(=O)c1cccs1)c1ccc2c(c1)CCCC2. The van der Waals surface area contributed by atoms with Gasteiger partial charge in [-0.15, -0.1) is 11.3 Å². The van der Waals surface area contributed by atoms with Gasteiger partial charge in [0.15, 0.2) is 9.84 Å². The largest absolute Gasteiger partial charge is 0.468 e. The van der Waals surface area contributed by atoms with Crippen LogP contribution in [0.3, 0.4) is 0 Å². The molecular formula is C20H21NO5S3. The van der Waals surface area contributed by atoms with E-state index in [1.165, 1.54) is 17.9 Å². The van der Waals surface area contributed by atoms with Crippen molar-refractivity contribution in [1.82, 2.24) is 4.72 Å². The fraction of sp³-hybridized carbons (Fsp3) is 0.300. The zero-order valence-electron chi connectivity index (χ0n) is 15.6. The quantitative estimate of drug-likeness (QED) is 0.591. The van der Waals surface area contributed by atoms with Crippen LogP contribution in [0, 0.1) is 0 Å². The van der Waals surface area contributed by atoms with Gasteiger partial charge < -0.3 is 4.42 Å². The Morgan fingerprint density at radius 3 is 2.48 bits per heavy atom. The van der Waals surface area contributed by atoms with Crippen LogP contribution in [0.25, 0.3) is 0 Å². The van der Waals surface area contributed by atoms with Crippen molar-refractivity contribution >= 4 is 31.2 Å². The third-order valence-corrected chi connectivity index (χ3v) is 10.0. The number of fused-ring (bicyclic) bond motifs is 1. The summed E-state index contributed by atoms with van der Waals surface area (Å²) in [5, 5.41) is 0.521. The summed E-state index contributed by atoms with van der Waals surface area (Å²) in [6, 6.07) is 11.4. The van der Waals surface area contributed by atoms with Crippen LogP contribution in [-0.4, -0.2) is 23.4 Å². The normalized spacial score (nSPS) is 15.7. The van der Waals surface area contributed by atoms with Crippen LogP contribution in [0.5, 0.6) is 0 Å². The van der Waals surface area contributed by atoms with Crippen LogP contribution in [0.1, 0.15) is 35.0 Å². The Balaban J connectivity index is 1.60. The molecule has 1 aliphatic rings. The molecule has 0 fully saturated rings. The fourth-order valence-corrected chi connectivity index (χ4v) is 7.54. The summed E-state index contributed by atoms with van der Waals surface area (Å²) in [6.07, 6.45) is 5.36. The number of thiophene rings is 1. The van der Waals surface area contributed by atoms with E-state index in [9.17, 15) is 16.8 Å². The van der Waals surface area contributed by atoms with E-state index in [1.807, 2.05) is 6.07 Å². The number of nitrogens with one attached hydrogen (secondary N) is 1. The highest BCUT2D eigenvalue weighted by Gasteiger charge is 2.33. The molecule has 0 saturated heterocycles. The molecule has 4 rings (SSSR count). The number of sulfone groups is 1. The van der Waals surface area contributed by atoms with E-state index in [0.29, 0.717) is 0 Å². The number of hydrogen-bond acceptors (Lipinski definition) is 6. The minimum absolute atomic E-state index is 0.157. The lowest BCUT2D eigenvalue weighted by atomic mass is 9.92. The molecule has 0 radical (unpaired) electrons. The summed E-state index contributed by atoms with van der Waals surface area (Å²) in [7, 11) is -7.66. The molecule has 1 unspecified atom stereocenters. The van der Waals surface area contributed by atoms with Crippen LogP contribution in [-0.2, 0) is 32.7 Å². The van der Waals surface area contributed by atoms with Crippen molar-refractivity contribution < 1.29 is 21.3 Å². The van der Waals surface area contributed by atoms with Crippen molar-refractivity contribution in [1.29, 1.82) is 0 Å². The lowest BCUT2D eigenvalue weighted by Crippen LogP contribution is -2.31. The molecule has 0 amide bonds. The van der Waals surface area contributed by atoms with E-state index in [4.69, 9.17) is 4.42 Å². The van der Waals surface area contributed by atoms with E-state index in [2.05, 4.69) is 4.72 Å². The molecule has 2 aromatic heterocycles. The van der Waals surface area contributed by atoms with E-state index < -0.39 is 25.1 Å². The monoisotopic (exact) mass is 451 g/mol. The number of sulfonamides is 1. The highest BCUT2D eigenvalue weighted by molar-refractivity contribution is 7.93. The second-order valence-corrected chi connectivity index (χ2v) is 12.0. The van der Waals surface area contributed by atoms with Gasteiger partial charge in [0.2, 0.25) is 10.0 Å². The maximum atomic E-state index is 13.1. The topological polar surface area (TPSA) is 93.4 Å². The van der Waals surface area contributed by atoms with Gasteiger partial charge in [-0.1, -0.05) is 12.1 Å². The Bertz CT molecular complexity index is 1180. The van der Waals surface area contributed by atoms with E-state index in [0.717, 1.165) is 42.6 Å². The highest BCUT2D eigenvalue weighted by Crippen LogP contribution is 2.32. The molecule has 154 valence electrons. The summed E-state index contributed by atoms with van der Waals surface area (Å²) >= 11 is 1.09. The minimum atomic E-state index is -3.86. The average molecular weight is 452 g/mol. The Morgan fingerprint density at radius 2 is 1.79 bits per heavy atom. The first-order valence-corrected chi connectivity index (χ1v) is 13.2. The molecule has 1 aromatic carbocycles. The van der Waals surface area contributed by atoms with Gasteiger partial charge in [0.1, 0.15) is 15.2 Å². The smallest absolute Gasteiger partial charge is 0.240 e. The highest BCUT2D eigenvalue weighted by atomic mass is 32.2. The molecule has 0 aliphatic heterocycles. The van der Waals surface area contributed by atoms with Gasteiger partial charge in [-0.25, -0.2) is 21.6 Å². The van der Waals surface area contributed by atoms with Gasteiger partial charge in [0.25, 0.3) is 0 Å². The molecule has 29 heavy (non-hydrogen) atoms. The number of aryl methyl sites for hydroxylation is 2. The summed E-state index contributed by atoms with van der Waals surface area (Å²) in [5.74, 6) is 0.201. The molecule has 0 saturated carbocycles. The molecule has 2 heterocycles. The molecule has 0 bridgehead atoms. The van der Waals surface area contributed by atoms with Crippen molar-refractivity contribution in [2.24, 2.45) is 0 Å². The molecule has 0 spiro atoms. The summed E-state index contributed by atoms with van der Waals surface area (Å²) < 4.78 is 59.8. The lowest BCUT2D eigenvalue weighted by Gasteiger charge is -2.18. The van der Waals surface area contributed by atoms with E-state index in [1.54, 1.807) is 35.7 Å². The molecule has 1 atom stereocenters. The van der Waals surface area contributed by atoms with Gasteiger partial charge in [0.05, 0.1) is 11.2 Å². The predicted molar refractivity (Wildman–Crippen MR) is 111 cm³/mol. The van der Waals surface area contributed by atoms with E-state index >= 15 is 0 Å². The summed E-state index contributed by atoms with van der Waals surface area (Å²) in [4.78, 5) is 0.157. The maximum Gasteiger partial charge on any atom is 0.240 e. The molecule has 1 N–H and O–H groups in total. The van der Waals surface area contributed by atoms with Crippen LogP contribution < -0.4 is 4.72 Å². The molecule has 1 aliphatic carbocycles. The van der Waals surface area contributed by atoms with Crippen LogP contribution in [0.2, 0.25) is 0 Å². The Labute approximate surface area is 174 Å². The predicted octanol–water partition coefficient (Wildman–Crippen LogP) is 3.71. The average Bonchev–Trinajstić information content (AvgIpc) is 3.42. The van der Waals surface area contributed by atoms with Crippen LogP contribution in [0.15, 0.2) is 67.6 Å². The van der Waals surface area contributed by atoms with Crippen LogP contribution >= 0.6 is 11.3 Å². The van der Waals surface area contributed by atoms with Gasteiger partial charge in [-0.3, -0.25) is 0 Å². The number of furan rings is 1. The Morgan fingerprint density at radius 1 is 1.00 bits per heavy atom. The minimum Gasteiger partial charge on any atom is -0.468 e. The molecule has 6 nitrogen and oxygen atoms in total. The summed E-state index contributed by atoms with van der Waals surface area (Å²) in [6.45, 7) is -0.312. The zero-order valence-corrected chi connectivity index (χ0v) is 18.0. The summed E-state index contributed by atoms with van der Waals surface area (Å²) in [5.41, 5.74) is 2.23. The van der Waals surface area contributed by atoms with Crippen molar-refractivity contribution in [2.45, 2.75) is 40.0 Å². The third-order valence-electron chi connectivity index (χ3n) is 5.10. The number of benzene rings is 1. The first kappa shape index (κ1) is 20.3. The Kier molecular flexibility index (Phi) is 5.65. The van der Waals surface area contributed by atoms with Crippen molar-refractivity contribution in [2.75, 3.05) is 6.54 Å². The third kappa shape index (κ3) is 4.18. The van der Waals surface area contributed by atoms with Gasteiger partial charge >= 0.3 is 0 Å². The van der Waals surface area contributed by atoms with Crippen molar-refractivity contribution in [3.05, 3.63) is 71.0 Å². The van der Waals surface area contributed by atoms with Gasteiger partial charge in [0, 0.05) is 6.54 Å². The van der Waals surface area contributed by atoms with Gasteiger partial charge in [-0.05, 0) is 72.5 Å². The van der Waals surface area contributed by atoms with Crippen molar-refractivity contribution in [3.63, 3.8) is 0 Å². The first-order valence-electron chi connectivity index (χ1n) is 9.30. The Hall–Kier alpha value is -1.94. The standard InChI is InChI=1S/C20H21NO5S3/c22-28(23,20-8-4-12-27-20)19(18-7-3-11-26-18)14-21-29(24,25)17-10-9-15-5-1-2-6-16(15)13-17/h3-4,7-13,19,21H,1-2,5-6,14H2. The molecule has 9 heteroatoms. The van der Waals surface area contributed by atoms with Gasteiger partial charge in [-0.2, -0.15) is 0 Å². The zero-order chi connectivity index (χ0) is 20.5. The molecular weight excluding hydrogens is 430 g/mol. The maximum absolute atomic E-state index is 13.1. The first-order chi connectivity index (χ1) is 13.9. The second kappa shape index (κ2) is 8.06. The molecule has 3 aromatic rings. The van der Waals surface area contributed by atoms with E-state index in [-0.39, 0.29) is 21.4 Å². The second-order valence-electron chi connectivity index (χ2n) is 6.97.